The molecule has 0 spiro atoms. The number of nitrogens with one attached hydrogen (secondary N) is 1. The maximum absolute atomic E-state index is 11.5. The topological polar surface area (TPSA) is 76.4 Å². The Morgan fingerprint density at radius 2 is 2.04 bits per heavy atom. The molecule has 0 aromatic heterocycles. The minimum atomic E-state index is -0.623. The normalized spacial score (nSPS) is 27.7. The van der Waals surface area contributed by atoms with Crippen molar-refractivity contribution in [3.05, 3.63) is 35.4 Å². The number of piperidine rings is 1. The molecule has 1 heterocycles. The third-order valence-electron chi connectivity index (χ3n) is 7.23. The molecular weight excluding hydrogens is 350 g/mol. The monoisotopic (exact) mass is 381 g/mol. The second-order valence-corrected chi connectivity index (χ2v) is 9.55. The molecule has 4 rings (SSSR count). The van der Waals surface area contributed by atoms with Crippen molar-refractivity contribution in [1.82, 2.24) is 10.2 Å². The van der Waals surface area contributed by atoms with Gasteiger partial charge in [0.25, 0.3) is 0 Å². The lowest BCUT2D eigenvalue weighted by Gasteiger charge is -2.43. The van der Waals surface area contributed by atoms with Crippen LogP contribution in [0.4, 0.5) is 0 Å². The molecule has 0 radical (unpaired) electrons. The average molecular weight is 382 g/mol. The van der Waals surface area contributed by atoms with Crippen molar-refractivity contribution in [2.45, 2.75) is 51.5 Å². The SMILES string of the molecule is CC1CC1NCC1(Cc2cccc(C#N)c2)CCN(CC2(C(=O)O)CC2)CC1. The number of carboxylic acid groups (broad SMARTS) is 1. The van der Waals surface area contributed by atoms with Gasteiger partial charge in [0.2, 0.25) is 0 Å². The standard InChI is InChI=1S/C23H31N3O2/c1-17-11-20(17)25-15-22(13-18-3-2-4-19(12-18)14-24)7-9-26(10-8-22)16-23(5-6-23)21(27)28/h2-4,12,17,20,25H,5-11,13,15-16H2,1H3,(H,27,28). The Balaban J connectivity index is 1.42. The molecule has 2 atom stereocenters. The minimum Gasteiger partial charge on any atom is -0.481 e. The molecule has 150 valence electrons. The molecule has 1 aromatic rings. The fourth-order valence-corrected chi connectivity index (χ4v) is 4.76. The zero-order chi connectivity index (χ0) is 19.8. The summed E-state index contributed by atoms with van der Waals surface area (Å²) >= 11 is 0. The fourth-order valence-electron chi connectivity index (χ4n) is 4.76. The summed E-state index contributed by atoms with van der Waals surface area (Å²) in [7, 11) is 0. The fraction of sp³-hybridized carbons (Fsp3) is 0.652. The molecular formula is C23H31N3O2. The van der Waals surface area contributed by atoms with E-state index in [4.69, 9.17) is 0 Å². The van der Waals surface area contributed by atoms with Crippen LogP contribution in [0.15, 0.2) is 24.3 Å². The van der Waals surface area contributed by atoms with Crippen molar-refractivity contribution in [2.75, 3.05) is 26.2 Å². The number of carboxylic acids is 1. The van der Waals surface area contributed by atoms with Crippen LogP contribution in [0, 0.1) is 28.1 Å². The molecule has 2 N–H and O–H groups in total. The smallest absolute Gasteiger partial charge is 0.310 e. The van der Waals surface area contributed by atoms with E-state index in [1.54, 1.807) is 0 Å². The molecule has 0 amide bonds. The molecule has 1 aliphatic heterocycles. The molecule has 3 aliphatic rings. The molecule has 2 unspecified atom stereocenters. The van der Waals surface area contributed by atoms with Gasteiger partial charge in [0.05, 0.1) is 17.0 Å². The molecule has 0 bridgehead atoms. The van der Waals surface area contributed by atoms with E-state index < -0.39 is 11.4 Å². The van der Waals surface area contributed by atoms with Gasteiger partial charge >= 0.3 is 5.97 Å². The van der Waals surface area contributed by atoms with E-state index in [1.807, 2.05) is 18.2 Å². The molecule has 3 fully saturated rings. The number of benzene rings is 1. The van der Waals surface area contributed by atoms with Crippen LogP contribution in [0.3, 0.4) is 0 Å². The van der Waals surface area contributed by atoms with E-state index in [-0.39, 0.29) is 5.41 Å². The van der Waals surface area contributed by atoms with Crippen molar-refractivity contribution in [2.24, 2.45) is 16.7 Å². The number of hydrogen-bond acceptors (Lipinski definition) is 4. The summed E-state index contributed by atoms with van der Waals surface area (Å²) < 4.78 is 0. The Bertz CT molecular complexity index is 772. The maximum Gasteiger partial charge on any atom is 0.310 e. The first-order valence-electron chi connectivity index (χ1n) is 10.6. The molecule has 2 saturated carbocycles. The number of carbonyl (C=O) groups is 1. The average Bonchev–Trinajstić information content (AvgIpc) is 3.60. The van der Waals surface area contributed by atoms with Gasteiger partial charge in [0.15, 0.2) is 0 Å². The number of nitriles is 1. The number of likely N-dealkylation sites (tertiary alicyclic amines) is 1. The molecule has 5 heteroatoms. The molecule has 5 nitrogen and oxygen atoms in total. The molecule has 28 heavy (non-hydrogen) atoms. The second kappa shape index (κ2) is 7.50. The Morgan fingerprint density at radius 1 is 1.32 bits per heavy atom. The van der Waals surface area contributed by atoms with E-state index in [0.717, 1.165) is 63.2 Å². The minimum absolute atomic E-state index is 0.187. The Labute approximate surface area is 167 Å². The summed E-state index contributed by atoms with van der Waals surface area (Å²) in [6, 6.07) is 10.9. The van der Waals surface area contributed by atoms with Gasteiger partial charge in [-0.2, -0.15) is 5.26 Å². The first-order chi connectivity index (χ1) is 13.4. The lowest BCUT2D eigenvalue weighted by Crippen LogP contribution is -2.48. The number of hydrogen-bond donors (Lipinski definition) is 2. The lowest BCUT2D eigenvalue weighted by atomic mass is 9.73. The van der Waals surface area contributed by atoms with E-state index in [0.29, 0.717) is 12.6 Å². The summed E-state index contributed by atoms with van der Waals surface area (Å²) in [4.78, 5) is 13.9. The van der Waals surface area contributed by atoms with E-state index in [1.165, 1.54) is 12.0 Å². The van der Waals surface area contributed by atoms with E-state index >= 15 is 0 Å². The van der Waals surface area contributed by atoms with Gasteiger partial charge in [-0.25, -0.2) is 0 Å². The van der Waals surface area contributed by atoms with Crippen LogP contribution in [0.25, 0.3) is 0 Å². The summed E-state index contributed by atoms with van der Waals surface area (Å²) in [6.45, 7) is 5.94. The molecule has 1 saturated heterocycles. The third kappa shape index (κ3) is 4.24. The van der Waals surface area contributed by atoms with Gasteiger partial charge in [0, 0.05) is 19.1 Å². The van der Waals surface area contributed by atoms with Crippen molar-refractivity contribution in [1.29, 1.82) is 5.26 Å². The quantitative estimate of drug-likeness (QED) is 0.724. The summed E-state index contributed by atoms with van der Waals surface area (Å²) in [6.07, 6.45) is 6.06. The highest BCUT2D eigenvalue weighted by molar-refractivity contribution is 5.78. The molecule has 2 aliphatic carbocycles. The predicted octanol–water partition coefficient (Wildman–Crippen LogP) is 3.05. The zero-order valence-corrected chi connectivity index (χ0v) is 16.8. The van der Waals surface area contributed by atoms with Crippen LogP contribution in [-0.2, 0) is 11.2 Å². The van der Waals surface area contributed by atoms with Gasteiger partial charge in [0.1, 0.15) is 0 Å². The van der Waals surface area contributed by atoms with Crippen LogP contribution in [0.2, 0.25) is 0 Å². The predicted molar refractivity (Wildman–Crippen MR) is 108 cm³/mol. The summed E-state index contributed by atoms with van der Waals surface area (Å²) in [5.74, 6) is 0.159. The van der Waals surface area contributed by atoms with Crippen LogP contribution in [-0.4, -0.2) is 48.2 Å². The molecule has 1 aromatic carbocycles. The lowest BCUT2D eigenvalue weighted by molar-refractivity contribution is -0.144. The highest BCUT2D eigenvalue weighted by Gasteiger charge is 2.51. The van der Waals surface area contributed by atoms with Crippen molar-refractivity contribution < 1.29 is 9.90 Å². The zero-order valence-electron chi connectivity index (χ0n) is 16.8. The highest BCUT2D eigenvalue weighted by Crippen LogP contribution is 2.47. The van der Waals surface area contributed by atoms with Crippen LogP contribution < -0.4 is 5.32 Å². The Kier molecular flexibility index (Phi) is 5.20. The van der Waals surface area contributed by atoms with Gasteiger partial charge in [-0.3, -0.25) is 4.79 Å². The highest BCUT2D eigenvalue weighted by atomic mass is 16.4. The van der Waals surface area contributed by atoms with Crippen LogP contribution >= 0.6 is 0 Å². The number of nitrogens with zero attached hydrogens (tertiary/aromatic N) is 2. The summed E-state index contributed by atoms with van der Waals surface area (Å²) in [5, 5.41) is 22.5. The Morgan fingerprint density at radius 3 is 2.61 bits per heavy atom. The van der Waals surface area contributed by atoms with Gasteiger partial charge in [-0.05, 0) is 80.6 Å². The third-order valence-corrected chi connectivity index (χ3v) is 7.23. The first kappa shape index (κ1) is 19.4. The number of aliphatic carboxylic acids is 1. The van der Waals surface area contributed by atoms with Crippen LogP contribution in [0.5, 0.6) is 0 Å². The van der Waals surface area contributed by atoms with E-state index in [9.17, 15) is 15.2 Å². The van der Waals surface area contributed by atoms with E-state index in [2.05, 4.69) is 29.3 Å². The van der Waals surface area contributed by atoms with Crippen LogP contribution in [0.1, 0.15) is 50.2 Å². The van der Waals surface area contributed by atoms with Crippen molar-refractivity contribution >= 4 is 5.97 Å². The van der Waals surface area contributed by atoms with Crippen molar-refractivity contribution in [3.8, 4) is 6.07 Å². The van der Waals surface area contributed by atoms with Gasteiger partial charge < -0.3 is 15.3 Å². The number of rotatable bonds is 8. The maximum atomic E-state index is 11.5. The largest absolute Gasteiger partial charge is 0.481 e. The Hall–Kier alpha value is -1.90. The summed E-state index contributed by atoms with van der Waals surface area (Å²) in [5.41, 5.74) is 1.68. The van der Waals surface area contributed by atoms with Gasteiger partial charge in [-0.15, -0.1) is 0 Å². The van der Waals surface area contributed by atoms with Gasteiger partial charge in [-0.1, -0.05) is 19.1 Å². The first-order valence-corrected chi connectivity index (χ1v) is 10.6. The van der Waals surface area contributed by atoms with Crippen molar-refractivity contribution in [3.63, 3.8) is 0 Å². The second-order valence-electron chi connectivity index (χ2n) is 9.55.